The number of alkyl carbamates (subject to hydrolysis) is 2. The number of carbonyl (C=O) groups excluding carboxylic acids is 3. The van der Waals surface area contributed by atoms with Crippen LogP contribution in [0.2, 0.25) is 5.02 Å². The molecule has 0 unspecified atom stereocenters. The number of pyridine rings is 1. The van der Waals surface area contributed by atoms with Crippen LogP contribution in [0.25, 0.3) is 21.7 Å². The number of carbonyl (C=O) groups is 3. The molecule has 1 atom stereocenters. The van der Waals surface area contributed by atoms with Gasteiger partial charge in [0.1, 0.15) is 69.8 Å². The van der Waals surface area contributed by atoms with Gasteiger partial charge in [-0.15, -0.1) is 11.3 Å². The second kappa shape index (κ2) is 20.0. The number of ether oxygens (including phenoxy) is 4. The molecule has 4 rings (SSSR count). The molecule has 300 valence electrons. The number of benzene rings is 2. The number of esters is 1. The molecule has 2 aromatic carbocycles. The first-order chi connectivity index (χ1) is 27.0. The number of nitrogen functional groups attached to an aromatic ring is 1. The third kappa shape index (κ3) is 13.9. The number of amides is 2. The molecule has 17 heteroatoms. The van der Waals surface area contributed by atoms with Crippen LogP contribution in [0.4, 0.5) is 15.4 Å². The van der Waals surface area contributed by atoms with Crippen LogP contribution in [0.3, 0.4) is 0 Å². The average molecular weight is 834 g/mol. The van der Waals surface area contributed by atoms with Crippen LogP contribution in [-0.2, 0) is 24.8 Å². The number of halogens is 1. The maximum atomic E-state index is 13.0. The number of nitrogens with zero attached hydrogens (tertiary/aromatic N) is 4. The van der Waals surface area contributed by atoms with Crippen molar-refractivity contribution in [1.82, 2.24) is 20.6 Å². The molecule has 0 saturated heterocycles. The summed E-state index contributed by atoms with van der Waals surface area (Å²) in [4.78, 5) is 46.6. The number of hydrogen-bond acceptors (Lipinski definition) is 14. The molecule has 2 heterocycles. The van der Waals surface area contributed by atoms with Crippen LogP contribution in [0, 0.1) is 22.7 Å². The zero-order valence-electron chi connectivity index (χ0n) is 32.4. The van der Waals surface area contributed by atoms with E-state index in [1.807, 2.05) is 17.5 Å². The maximum Gasteiger partial charge on any atom is 0.408 e. The standard InChI is InChI=1S/C40H44ClN7O7S2/c1-39(2,3)54-37(50)45-17-7-8-31(47-38(51)55-40(4,5)6)36(49)53-19-18-52-28-15-11-24(12-16-28)32-29(20-42)33(44)48-35(30(32)21-43)57-23-27-22-56-34(46-27)25-9-13-26(41)14-10-25/h9-16,22,31H,7-8,17-19,23H2,1-6H3,(H2,44,48)(H,45,50)(H,47,51)/t31-/m0/s1. The molecule has 0 aliphatic rings. The number of nitriles is 2. The highest BCUT2D eigenvalue weighted by Gasteiger charge is 2.26. The van der Waals surface area contributed by atoms with Crippen molar-refractivity contribution in [3.05, 3.63) is 75.8 Å². The third-order valence-electron chi connectivity index (χ3n) is 7.47. The van der Waals surface area contributed by atoms with Crippen LogP contribution < -0.4 is 21.1 Å². The van der Waals surface area contributed by atoms with Crippen LogP contribution in [0.5, 0.6) is 5.75 Å². The minimum Gasteiger partial charge on any atom is -0.490 e. The molecule has 0 fully saturated rings. The van der Waals surface area contributed by atoms with Gasteiger partial charge in [0, 0.05) is 33.8 Å². The van der Waals surface area contributed by atoms with E-state index in [4.69, 9.17) is 41.3 Å². The Labute approximate surface area is 345 Å². The summed E-state index contributed by atoms with van der Waals surface area (Å²) in [7, 11) is 0. The van der Waals surface area contributed by atoms with Gasteiger partial charge in [-0.2, -0.15) is 10.5 Å². The predicted molar refractivity (Wildman–Crippen MR) is 219 cm³/mol. The molecular weight excluding hydrogens is 790 g/mol. The van der Waals surface area contributed by atoms with E-state index >= 15 is 0 Å². The summed E-state index contributed by atoms with van der Waals surface area (Å²) in [5.41, 5.74) is 7.69. The van der Waals surface area contributed by atoms with Gasteiger partial charge in [-0.05, 0) is 84.2 Å². The van der Waals surface area contributed by atoms with E-state index in [1.165, 1.54) is 23.1 Å². The summed E-state index contributed by atoms with van der Waals surface area (Å²) in [6.07, 6.45) is -0.893. The summed E-state index contributed by atoms with van der Waals surface area (Å²) >= 11 is 8.81. The second-order valence-corrected chi connectivity index (χ2v) is 16.7. The lowest BCUT2D eigenvalue weighted by Crippen LogP contribution is -2.45. The van der Waals surface area contributed by atoms with Crippen LogP contribution in [-0.4, -0.2) is 65.1 Å². The fourth-order valence-electron chi connectivity index (χ4n) is 5.06. The lowest BCUT2D eigenvalue weighted by molar-refractivity contribution is -0.147. The fraction of sp³-hybridized carbons (Fsp3) is 0.375. The first-order valence-electron chi connectivity index (χ1n) is 17.8. The zero-order valence-corrected chi connectivity index (χ0v) is 34.8. The SMILES string of the molecule is CC(C)(C)OC(=O)NCCC[C@H](NC(=O)OC(C)(C)C)C(=O)OCCOc1ccc(-c2c(C#N)c(N)nc(SCc3csc(-c4ccc(Cl)cc4)n3)c2C#N)cc1. The largest absolute Gasteiger partial charge is 0.490 e. The number of thiazole rings is 1. The molecule has 0 radical (unpaired) electrons. The molecule has 0 saturated carbocycles. The Morgan fingerprint density at radius 1 is 0.895 bits per heavy atom. The minimum absolute atomic E-state index is 0.00459. The molecule has 0 spiro atoms. The van der Waals surface area contributed by atoms with E-state index in [0.29, 0.717) is 39.1 Å². The van der Waals surface area contributed by atoms with Gasteiger partial charge in [0.25, 0.3) is 0 Å². The summed E-state index contributed by atoms with van der Waals surface area (Å²) in [6, 6.07) is 17.3. The van der Waals surface area contributed by atoms with Crippen molar-refractivity contribution < 1.29 is 33.3 Å². The normalized spacial score (nSPS) is 11.7. The first kappa shape index (κ1) is 44.2. The summed E-state index contributed by atoms with van der Waals surface area (Å²) in [5, 5.41) is 29.2. The first-order valence-corrected chi connectivity index (χ1v) is 20.0. The maximum absolute atomic E-state index is 13.0. The highest BCUT2D eigenvalue weighted by Crippen LogP contribution is 2.37. The van der Waals surface area contributed by atoms with Crippen LogP contribution in [0.1, 0.15) is 71.2 Å². The smallest absolute Gasteiger partial charge is 0.408 e. The number of nitrogens with one attached hydrogen (secondary N) is 2. The van der Waals surface area contributed by atoms with Crippen molar-refractivity contribution in [2.45, 2.75) is 82.4 Å². The quantitative estimate of drug-likeness (QED) is 0.0446. The molecule has 4 N–H and O–H groups in total. The number of hydrogen-bond donors (Lipinski definition) is 3. The van der Waals surface area contributed by atoms with E-state index in [-0.39, 0.29) is 43.1 Å². The van der Waals surface area contributed by atoms with Crippen molar-refractivity contribution in [3.63, 3.8) is 0 Å². The lowest BCUT2D eigenvalue weighted by atomic mass is 9.97. The van der Waals surface area contributed by atoms with Crippen molar-refractivity contribution in [2.24, 2.45) is 0 Å². The molecule has 2 amide bonds. The van der Waals surface area contributed by atoms with Gasteiger partial charge in [-0.1, -0.05) is 47.6 Å². The zero-order chi connectivity index (χ0) is 41.8. The third-order valence-corrected chi connectivity index (χ3v) is 9.67. The second-order valence-electron chi connectivity index (χ2n) is 14.4. The van der Waals surface area contributed by atoms with Crippen molar-refractivity contribution in [3.8, 4) is 39.6 Å². The van der Waals surface area contributed by atoms with Gasteiger partial charge in [0.15, 0.2) is 0 Å². The van der Waals surface area contributed by atoms with Crippen molar-refractivity contribution in [2.75, 3.05) is 25.5 Å². The summed E-state index contributed by atoms with van der Waals surface area (Å²) < 4.78 is 21.7. The summed E-state index contributed by atoms with van der Waals surface area (Å²) in [5.74, 6) is 0.137. The van der Waals surface area contributed by atoms with E-state index in [9.17, 15) is 24.9 Å². The minimum atomic E-state index is -1.05. The van der Waals surface area contributed by atoms with E-state index < -0.39 is 35.4 Å². The Bertz CT molecular complexity index is 2120. The van der Waals surface area contributed by atoms with Crippen molar-refractivity contribution >= 4 is 58.7 Å². The molecule has 0 bridgehead atoms. The number of aromatic nitrogens is 2. The Morgan fingerprint density at radius 3 is 2.16 bits per heavy atom. The van der Waals surface area contributed by atoms with Crippen LogP contribution >= 0.6 is 34.7 Å². The molecule has 2 aromatic heterocycles. The highest BCUT2D eigenvalue weighted by atomic mass is 35.5. The molecule has 57 heavy (non-hydrogen) atoms. The molecular formula is C40H44ClN7O7S2. The Hall–Kier alpha value is -5.55. The monoisotopic (exact) mass is 833 g/mol. The van der Waals surface area contributed by atoms with Crippen LogP contribution in [0.15, 0.2) is 58.9 Å². The fourth-order valence-corrected chi connectivity index (χ4v) is 7.01. The Morgan fingerprint density at radius 2 is 1.53 bits per heavy atom. The average Bonchev–Trinajstić information content (AvgIpc) is 3.61. The van der Waals surface area contributed by atoms with E-state index in [1.54, 1.807) is 77.9 Å². The van der Waals surface area contributed by atoms with Gasteiger partial charge in [0.05, 0.1) is 11.3 Å². The van der Waals surface area contributed by atoms with Gasteiger partial charge in [-0.25, -0.2) is 24.4 Å². The number of anilines is 1. The number of nitrogens with two attached hydrogens (primary N) is 1. The topological polar surface area (TPSA) is 212 Å². The van der Waals surface area contributed by atoms with Crippen molar-refractivity contribution in [1.29, 1.82) is 10.5 Å². The van der Waals surface area contributed by atoms with Gasteiger partial charge >= 0.3 is 18.2 Å². The Kier molecular flexibility index (Phi) is 15.5. The van der Waals surface area contributed by atoms with Gasteiger partial charge in [-0.3, -0.25) is 0 Å². The van der Waals surface area contributed by atoms with Gasteiger partial charge in [0.2, 0.25) is 0 Å². The lowest BCUT2D eigenvalue weighted by Gasteiger charge is -2.23. The number of rotatable bonds is 15. The summed E-state index contributed by atoms with van der Waals surface area (Å²) in [6.45, 7) is 10.4. The molecule has 0 aliphatic heterocycles. The molecule has 0 aliphatic carbocycles. The Balaban J connectivity index is 1.37. The molecule has 4 aromatic rings. The highest BCUT2D eigenvalue weighted by molar-refractivity contribution is 7.98. The molecule has 14 nitrogen and oxygen atoms in total. The predicted octanol–water partition coefficient (Wildman–Crippen LogP) is 8.26. The van der Waals surface area contributed by atoms with Gasteiger partial charge < -0.3 is 35.3 Å². The number of thioether (sulfide) groups is 1. The van der Waals surface area contributed by atoms with E-state index in [0.717, 1.165) is 16.3 Å². The van der Waals surface area contributed by atoms with E-state index in [2.05, 4.69) is 27.8 Å².